The van der Waals surface area contributed by atoms with E-state index in [1.807, 2.05) is 0 Å². The van der Waals surface area contributed by atoms with Crippen LogP contribution in [-0.2, 0) is 9.84 Å². The Morgan fingerprint density at radius 3 is 2.00 bits per heavy atom. The Labute approximate surface area is 108 Å². The van der Waals surface area contributed by atoms with Crippen molar-refractivity contribution in [2.75, 3.05) is 0 Å². The second kappa shape index (κ2) is 4.36. The molecule has 0 aliphatic carbocycles. The van der Waals surface area contributed by atoms with Gasteiger partial charge in [0.1, 0.15) is 9.09 Å². The van der Waals surface area contributed by atoms with E-state index in [0.717, 1.165) is 6.07 Å². The summed E-state index contributed by atoms with van der Waals surface area (Å²) in [6.45, 7) is 4.27. The first kappa shape index (κ1) is 14.7. The van der Waals surface area contributed by atoms with Crippen molar-refractivity contribution in [3.05, 3.63) is 16.5 Å². The molecule has 100 valence electrons. The molecule has 0 fully saturated rings. The van der Waals surface area contributed by atoms with Crippen LogP contribution in [0.4, 0.5) is 0 Å². The normalized spacial score (nSPS) is 12.4. The number of aromatic carboxylic acids is 2. The van der Waals surface area contributed by atoms with E-state index in [0.29, 0.717) is 11.3 Å². The van der Waals surface area contributed by atoms with E-state index >= 15 is 0 Å². The van der Waals surface area contributed by atoms with Crippen LogP contribution in [0.3, 0.4) is 0 Å². The van der Waals surface area contributed by atoms with Crippen LogP contribution in [0, 0.1) is 0 Å². The lowest BCUT2D eigenvalue weighted by atomic mass is 10.3. The Kier molecular flexibility index (Phi) is 3.55. The molecule has 8 heteroatoms. The zero-order chi connectivity index (χ0) is 14.3. The molecule has 1 heterocycles. The summed E-state index contributed by atoms with van der Waals surface area (Å²) >= 11 is 0.461. The summed E-state index contributed by atoms with van der Waals surface area (Å²) in [6.07, 6.45) is 0. The van der Waals surface area contributed by atoms with Crippen molar-refractivity contribution in [1.82, 2.24) is 0 Å². The second-order valence-electron chi connectivity index (χ2n) is 4.54. The summed E-state index contributed by atoms with van der Waals surface area (Å²) < 4.78 is 22.7. The van der Waals surface area contributed by atoms with Crippen molar-refractivity contribution in [2.24, 2.45) is 0 Å². The Bertz CT molecular complexity index is 603. The quantitative estimate of drug-likeness (QED) is 0.878. The summed E-state index contributed by atoms with van der Waals surface area (Å²) in [5.41, 5.74) is -0.493. The van der Waals surface area contributed by atoms with Gasteiger partial charge >= 0.3 is 11.9 Å². The molecule has 0 unspecified atom stereocenters. The van der Waals surface area contributed by atoms with Crippen molar-refractivity contribution in [3.63, 3.8) is 0 Å². The number of rotatable bonds is 3. The highest BCUT2D eigenvalue weighted by Crippen LogP contribution is 2.34. The standard InChI is InChI=1S/C10H12O6S2/c1-10(2,3)18(15,16)9-5(7(11)12)4-6(17-9)8(13)14/h4H,1-3H3,(H,11,12)(H,13,14). The summed E-state index contributed by atoms with van der Waals surface area (Å²) in [4.78, 5) is 21.5. The zero-order valence-corrected chi connectivity index (χ0v) is 11.6. The molecule has 0 saturated carbocycles. The largest absolute Gasteiger partial charge is 0.478 e. The van der Waals surface area contributed by atoms with Crippen molar-refractivity contribution in [2.45, 2.75) is 29.7 Å². The molecule has 0 aliphatic heterocycles. The molecule has 0 saturated heterocycles. The maximum atomic E-state index is 12.2. The van der Waals surface area contributed by atoms with Crippen LogP contribution in [0.15, 0.2) is 10.3 Å². The predicted octanol–water partition coefficient (Wildman–Crippen LogP) is 1.72. The fraction of sp³-hybridized carbons (Fsp3) is 0.400. The zero-order valence-electron chi connectivity index (χ0n) is 9.92. The third-order valence-electron chi connectivity index (χ3n) is 2.19. The predicted molar refractivity (Wildman–Crippen MR) is 65.2 cm³/mol. The van der Waals surface area contributed by atoms with Gasteiger partial charge in [-0.1, -0.05) is 0 Å². The van der Waals surface area contributed by atoms with E-state index < -0.39 is 36.3 Å². The SMILES string of the molecule is CC(C)(C)S(=O)(=O)c1sc(C(=O)O)cc1C(=O)O. The Balaban J connectivity index is 3.60. The number of hydrogen-bond donors (Lipinski definition) is 2. The highest BCUT2D eigenvalue weighted by Gasteiger charge is 2.37. The first-order valence-electron chi connectivity index (χ1n) is 4.83. The molecule has 0 bridgehead atoms. The van der Waals surface area contributed by atoms with Gasteiger partial charge in [0.15, 0.2) is 9.84 Å². The van der Waals surface area contributed by atoms with Gasteiger partial charge in [0, 0.05) is 0 Å². The Morgan fingerprint density at radius 2 is 1.67 bits per heavy atom. The molecule has 0 spiro atoms. The van der Waals surface area contributed by atoms with Crippen molar-refractivity contribution < 1.29 is 28.2 Å². The van der Waals surface area contributed by atoms with Crippen molar-refractivity contribution in [3.8, 4) is 0 Å². The minimum Gasteiger partial charge on any atom is -0.478 e. The molecule has 0 radical (unpaired) electrons. The highest BCUT2D eigenvalue weighted by molar-refractivity contribution is 7.94. The monoisotopic (exact) mass is 292 g/mol. The number of thiophene rings is 1. The van der Waals surface area contributed by atoms with E-state index in [2.05, 4.69) is 0 Å². The maximum absolute atomic E-state index is 12.2. The fourth-order valence-corrected chi connectivity index (χ4v) is 4.28. The third-order valence-corrected chi connectivity index (χ3v) is 6.34. The lowest BCUT2D eigenvalue weighted by Crippen LogP contribution is -2.28. The van der Waals surface area contributed by atoms with Gasteiger partial charge in [-0.05, 0) is 26.8 Å². The van der Waals surface area contributed by atoms with E-state index in [4.69, 9.17) is 10.2 Å². The van der Waals surface area contributed by atoms with Crippen LogP contribution < -0.4 is 0 Å². The van der Waals surface area contributed by atoms with Gasteiger partial charge in [-0.15, -0.1) is 11.3 Å². The molecule has 0 atom stereocenters. The number of hydrogen-bond acceptors (Lipinski definition) is 5. The van der Waals surface area contributed by atoms with Gasteiger partial charge in [-0.3, -0.25) is 0 Å². The number of carboxylic acid groups (broad SMARTS) is 2. The lowest BCUT2D eigenvalue weighted by molar-refractivity contribution is 0.0692. The lowest BCUT2D eigenvalue weighted by Gasteiger charge is -2.18. The topological polar surface area (TPSA) is 109 Å². The molecule has 1 rings (SSSR count). The van der Waals surface area contributed by atoms with E-state index in [9.17, 15) is 18.0 Å². The smallest absolute Gasteiger partial charge is 0.345 e. The highest BCUT2D eigenvalue weighted by atomic mass is 32.2. The van der Waals surface area contributed by atoms with Crippen LogP contribution in [0.5, 0.6) is 0 Å². The van der Waals surface area contributed by atoms with Gasteiger partial charge < -0.3 is 10.2 Å². The molecule has 6 nitrogen and oxygen atoms in total. The molecule has 18 heavy (non-hydrogen) atoms. The molecule has 0 aromatic carbocycles. The van der Waals surface area contributed by atoms with E-state index in [-0.39, 0.29) is 4.88 Å². The van der Waals surface area contributed by atoms with Crippen molar-refractivity contribution in [1.29, 1.82) is 0 Å². The molecule has 1 aromatic heterocycles. The van der Waals surface area contributed by atoms with Gasteiger partial charge in [0.05, 0.1) is 10.3 Å². The molecular formula is C10H12O6S2. The maximum Gasteiger partial charge on any atom is 0.345 e. The summed E-state index contributed by atoms with van der Waals surface area (Å²) in [7, 11) is -3.89. The fourth-order valence-electron chi connectivity index (χ4n) is 1.11. The Morgan fingerprint density at radius 1 is 1.17 bits per heavy atom. The van der Waals surface area contributed by atoms with Gasteiger partial charge in [-0.2, -0.15) is 0 Å². The number of carboxylic acids is 2. The third kappa shape index (κ3) is 2.39. The molecule has 0 aliphatic rings. The number of sulfone groups is 1. The molecular weight excluding hydrogens is 280 g/mol. The van der Waals surface area contributed by atoms with Gasteiger partial charge in [0.2, 0.25) is 0 Å². The van der Waals surface area contributed by atoms with Gasteiger partial charge in [0.25, 0.3) is 0 Å². The molecule has 0 amide bonds. The van der Waals surface area contributed by atoms with Crippen LogP contribution >= 0.6 is 11.3 Å². The average Bonchev–Trinajstić information content (AvgIpc) is 2.60. The minimum absolute atomic E-state index is 0.310. The van der Waals surface area contributed by atoms with Crippen LogP contribution in [0.2, 0.25) is 0 Å². The van der Waals surface area contributed by atoms with Gasteiger partial charge in [-0.25, -0.2) is 18.0 Å². The average molecular weight is 292 g/mol. The Hall–Kier alpha value is -1.41. The minimum atomic E-state index is -3.89. The van der Waals surface area contributed by atoms with Crippen LogP contribution in [-0.4, -0.2) is 35.3 Å². The molecule has 1 aromatic rings. The first-order chi connectivity index (χ1) is 7.98. The van der Waals surface area contributed by atoms with Crippen LogP contribution in [0.25, 0.3) is 0 Å². The second-order valence-corrected chi connectivity index (χ2v) is 8.49. The first-order valence-corrected chi connectivity index (χ1v) is 7.13. The summed E-state index contributed by atoms with van der Waals surface area (Å²) in [5, 5.41) is 17.7. The molecule has 2 N–H and O–H groups in total. The summed E-state index contributed by atoms with van der Waals surface area (Å²) in [5.74, 6) is -2.81. The van der Waals surface area contributed by atoms with E-state index in [1.54, 1.807) is 0 Å². The van der Waals surface area contributed by atoms with Crippen LogP contribution in [0.1, 0.15) is 40.8 Å². The summed E-state index contributed by atoms with van der Waals surface area (Å²) in [6, 6.07) is 0.869. The number of carbonyl (C=O) groups is 2. The van der Waals surface area contributed by atoms with Crippen molar-refractivity contribution >= 4 is 33.1 Å². The van der Waals surface area contributed by atoms with E-state index in [1.165, 1.54) is 20.8 Å².